The molecule has 5 nitrogen and oxygen atoms in total. The van der Waals surface area contributed by atoms with Gasteiger partial charge in [0.2, 0.25) is 5.90 Å². The molecule has 1 N–H and O–H groups in total. The van der Waals surface area contributed by atoms with E-state index in [-0.39, 0.29) is 6.04 Å². The number of piperidine rings is 1. The monoisotopic (exact) mass is 297 g/mol. The molecule has 0 aliphatic carbocycles. The lowest BCUT2D eigenvalue weighted by molar-refractivity contribution is 0.319. The molecule has 1 fully saturated rings. The summed E-state index contributed by atoms with van der Waals surface area (Å²) in [5, 5.41) is 3.35. The zero-order chi connectivity index (χ0) is 14.8. The van der Waals surface area contributed by atoms with Gasteiger partial charge in [0.15, 0.2) is 11.6 Å². The molecule has 1 atom stereocenters. The molecule has 5 heteroatoms. The third-order valence-corrected chi connectivity index (χ3v) is 4.26. The Morgan fingerprint density at radius 2 is 1.91 bits per heavy atom. The van der Waals surface area contributed by atoms with Gasteiger partial charge in [0, 0.05) is 5.92 Å². The standard InChI is InChI=1S/C17H19N3O2/c1-2-4-12(5-3-1)14-10-22-17(19-14)15-11-21-16(20-15)13-6-8-18-9-7-13/h1-5,11,13-14,18H,6-10H2. The molecule has 2 aliphatic rings. The average molecular weight is 297 g/mol. The molecule has 1 unspecified atom stereocenters. The van der Waals surface area contributed by atoms with Crippen LogP contribution in [0.2, 0.25) is 0 Å². The summed E-state index contributed by atoms with van der Waals surface area (Å²) in [5.74, 6) is 1.81. The van der Waals surface area contributed by atoms with Crippen molar-refractivity contribution in [3.05, 3.63) is 53.7 Å². The first-order valence-corrected chi connectivity index (χ1v) is 7.82. The van der Waals surface area contributed by atoms with Crippen LogP contribution in [0.5, 0.6) is 0 Å². The van der Waals surface area contributed by atoms with Gasteiger partial charge < -0.3 is 14.5 Å². The molecule has 2 aromatic rings. The zero-order valence-electron chi connectivity index (χ0n) is 12.4. The summed E-state index contributed by atoms with van der Waals surface area (Å²) in [4.78, 5) is 9.24. The minimum atomic E-state index is 0.0511. The smallest absolute Gasteiger partial charge is 0.239 e. The Hall–Kier alpha value is -2.14. The number of aliphatic imine (C=N–C) groups is 1. The maximum absolute atomic E-state index is 5.72. The Labute approximate surface area is 129 Å². The van der Waals surface area contributed by atoms with Crippen molar-refractivity contribution in [3.8, 4) is 0 Å². The molecule has 2 aliphatic heterocycles. The summed E-state index contributed by atoms with van der Waals surface area (Å²) >= 11 is 0. The summed E-state index contributed by atoms with van der Waals surface area (Å²) in [5.41, 5.74) is 1.88. The Bertz CT molecular complexity index is 660. The molecular formula is C17H19N3O2. The molecule has 4 rings (SSSR count). The van der Waals surface area contributed by atoms with Crippen LogP contribution in [0.15, 0.2) is 46.0 Å². The van der Waals surface area contributed by atoms with Crippen molar-refractivity contribution in [1.29, 1.82) is 0 Å². The van der Waals surface area contributed by atoms with Crippen LogP contribution in [0.1, 0.15) is 41.9 Å². The number of oxazole rings is 1. The fourth-order valence-electron chi connectivity index (χ4n) is 3.00. The maximum atomic E-state index is 5.72. The van der Waals surface area contributed by atoms with Gasteiger partial charge in [0.25, 0.3) is 0 Å². The summed E-state index contributed by atoms with van der Waals surface area (Å²) in [6.07, 6.45) is 3.81. The van der Waals surface area contributed by atoms with E-state index in [1.165, 1.54) is 5.56 Å². The second-order valence-corrected chi connectivity index (χ2v) is 5.77. The normalized spacial score (nSPS) is 22.4. The number of rotatable bonds is 3. The highest BCUT2D eigenvalue weighted by molar-refractivity contribution is 5.93. The van der Waals surface area contributed by atoms with Gasteiger partial charge in [-0.25, -0.2) is 9.98 Å². The van der Waals surface area contributed by atoms with Crippen LogP contribution in [0, 0.1) is 0 Å². The Kier molecular flexibility index (Phi) is 3.64. The summed E-state index contributed by atoms with van der Waals surface area (Å²) < 4.78 is 11.4. The lowest BCUT2D eigenvalue weighted by atomic mass is 9.98. The van der Waals surface area contributed by atoms with Crippen LogP contribution in [0.25, 0.3) is 0 Å². The molecule has 0 amide bonds. The van der Waals surface area contributed by atoms with Gasteiger partial charge in [-0.05, 0) is 31.5 Å². The Morgan fingerprint density at radius 1 is 1.09 bits per heavy atom. The molecular weight excluding hydrogens is 278 g/mol. The third kappa shape index (κ3) is 2.64. The van der Waals surface area contributed by atoms with Crippen LogP contribution in [-0.2, 0) is 4.74 Å². The second kappa shape index (κ2) is 5.93. The molecule has 22 heavy (non-hydrogen) atoms. The number of benzene rings is 1. The molecule has 114 valence electrons. The number of hydrogen-bond acceptors (Lipinski definition) is 5. The highest BCUT2D eigenvalue weighted by Gasteiger charge is 2.26. The molecule has 0 bridgehead atoms. The first-order chi connectivity index (χ1) is 10.9. The number of aromatic nitrogens is 1. The topological polar surface area (TPSA) is 59.6 Å². The molecule has 3 heterocycles. The van der Waals surface area contributed by atoms with Gasteiger partial charge in [-0.2, -0.15) is 0 Å². The average Bonchev–Trinajstić information content (AvgIpc) is 3.26. The van der Waals surface area contributed by atoms with Crippen LogP contribution < -0.4 is 5.32 Å². The van der Waals surface area contributed by atoms with Crippen molar-refractivity contribution in [2.75, 3.05) is 19.7 Å². The highest BCUT2D eigenvalue weighted by atomic mass is 16.5. The summed E-state index contributed by atoms with van der Waals surface area (Å²) in [6.45, 7) is 2.61. The second-order valence-electron chi connectivity index (χ2n) is 5.77. The van der Waals surface area contributed by atoms with E-state index in [0.29, 0.717) is 24.1 Å². The van der Waals surface area contributed by atoms with Gasteiger partial charge in [0.1, 0.15) is 18.9 Å². The van der Waals surface area contributed by atoms with E-state index in [2.05, 4.69) is 27.4 Å². The predicted octanol–water partition coefficient (Wildman–Crippen LogP) is 2.66. The fraction of sp³-hybridized carbons (Fsp3) is 0.412. The number of ether oxygens (including phenoxy) is 1. The molecule has 0 spiro atoms. The first kappa shape index (κ1) is 13.5. The Morgan fingerprint density at radius 3 is 2.73 bits per heavy atom. The van der Waals surface area contributed by atoms with Gasteiger partial charge in [-0.3, -0.25) is 0 Å². The number of nitrogens with zero attached hydrogens (tertiary/aromatic N) is 2. The van der Waals surface area contributed by atoms with E-state index in [9.17, 15) is 0 Å². The quantitative estimate of drug-likeness (QED) is 0.946. The SMILES string of the molecule is c1ccc(C2COC(c3coc(C4CCNCC4)n3)=N2)cc1. The van der Waals surface area contributed by atoms with Gasteiger partial charge >= 0.3 is 0 Å². The molecule has 0 saturated carbocycles. The van der Waals surface area contributed by atoms with Crippen LogP contribution in [0.3, 0.4) is 0 Å². The highest BCUT2D eigenvalue weighted by Crippen LogP contribution is 2.27. The molecule has 1 aromatic heterocycles. The van der Waals surface area contributed by atoms with E-state index in [4.69, 9.17) is 9.15 Å². The first-order valence-electron chi connectivity index (χ1n) is 7.82. The van der Waals surface area contributed by atoms with Gasteiger partial charge in [-0.15, -0.1) is 0 Å². The summed E-state index contributed by atoms with van der Waals surface area (Å²) in [6, 6.07) is 10.2. The predicted molar refractivity (Wildman–Crippen MR) is 83.0 cm³/mol. The molecule has 0 radical (unpaired) electrons. The maximum Gasteiger partial charge on any atom is 0.239 e. The van der Waals surface area contributed by atoms with E-state index in [0.717, 1.165) is 31.8 Å². The number of hydrogen-bond donors (Lipinski definition) is 1. The molecule has 1 aromatic carbocycles. The Balaban J connectivity index is 1.52. The van der Waals surface area contributed by atoms with Crippen molar-refractivity contribution in [3.63, 3.8) is 0 Å². The molecule has 1 saturated heterocycles. The van der Waals surface area contributed by atoms with Crippen LogP contribution in [-0.4, -0.2) is 30.6 Å². The minimum absolute atomic E-state index is 0.0511. The van der Waals surface area contributed by atoms with Crippen molar-refractivity contribution in [2.24, 2.45) is 4.99 Å². The lowest BCUT2D eigenvalue weighted by Crippen LogP contribution is -2.26. The van der Waals surface area contributed by atoms with Gasteiger partial charge in [0.05, 0.1) is 0 Å². The van der Waals surface area contributed by atoms with Crippen LogP contribution >= 0.6 is 0 Å². The van der Waals surface area contributed by atoms with Crippen LogP contribution in [0.4, 0.5) is 0 Å². The van der Waals surface area contributed by atoms with Crippen molar-refractivity contribution < 1.29 is 9.15 Å². The third-order valence-electron chi connectivity index (χ3n) is 4.26. The van der Waals surface area contributed by atoms with E-state index < -0.39 is 0 Å². The fourth-order valence-corrected chi connectivity index (χ4v) is 3.00. The minimum Gasteiger partial charge on any atom is -0.474 e. The van der Waals surface area contributed by atoms with E-state index >= 15 is 0 Å². The van der Waals surface area contributed by atoms with Crippen molar-refractivity contribution in [1.82, 2.24) is 10.3 Å². The van der Waals surface area contributed by atoms with E-state index in [1.54, 1.807) is 6.26 Å². The largest absolute Gasteiger partial charge is 0.474 e. The zero-order valence-corrected chi connectivity index (χ0v) is 12.4. The van der Waals surface area contributed by atoms with Gasteiger partial charge in [-0.1, -0.05) is 30.3 Å². The van der Waals surface area contributed by atoms with Crippen molar-refractivity contribution in [2.45, 2.75) is 24.8 Å². The number of nitrogens with one attached hydrogen (secondary N) is 1. The van der Waals surface area contributed by atoms with Crippen molar-refractivity contribution >= 4 is 5.90 Å². The summed E-state index contributed by atoms with van der Waals surface area (Å²) in [7, 11) is 0. The lowest BCUT2D eigenvalue weighted by Gasteiger charge is -2.19. The van der Waals surface area contributed by atoms with E-state index in [1.807, 2.05) is 18.2 Å².